The van der Waals surface area contributed by atoms with Crippen LogP contribution in [0.5, 0.6) is 0 Å². The first-order valence-corrected chi connectivity index (χ1v) is 3.95. The van der Waals surface area contributed by atoms with Crippen LogP contribution < -0.4 is 0 Å². The van der Waals surface area contributed by atoms with Gasteiger partial charge in [-0.25, -0.2) is 4.79 Å². The molecule has 0 amide bonds. The third kappa shape index (κ3) is 2.00. The Kier molecular flexibility index (Phi) is 3.04. The molecule has 0 aromatic carbocycles. The molecule has 2 atom stereocenters. The van der Waals surface area contributed by atoms with Crippen LogP contribution in [0.3, 0.4) is 0 Å². The van der Waals surface area contributed by atoms with Gasteiger partial charge < -0.3 is 9.84 Å². The van der Waals surface area contributed by atoms with Crippen molar-refractivity contribution in [1.82, 2.24) is 0 Å². The zero-order valence-corrected chi connectivity index (χ0v) is 8.07. The number of carbonyl (C=O) groups excluding carboxylic acids is 1. The van der Waals surface area contributed by atoms with Gasteiger partial charge in [-0.15, -0.1) is 0 Å². The molecule has 4 nitrogen and oxygen atoms in total. The summed E-state index contributed by atoms with van der Waals surface area (Å²) in [6, 6.07) is 0. The third-order valence-electron chi connectivity index (χ3n) is 1.92. The Morgan fingerprint density at radius 2 is 1.37 bits per heavy atom. The first-order chi connectivity index (χ1) is 8.08. The molecule has 0 radical (unpaired) electrons. The highest BCUT2D eigenvalue weighted by Crippen LogP contribution is 2.53. The second-order valence-corrected chi connectivity index (χ2v) is 3.24. The van der Waals surface area contributed by atoms with Crippen LogP contribution in [-0.2, 0) is 14.3 Å². The van der Waals surface area contributed by atoms with E-state index < -0.39 is 36.1 Å². The van der Waals surface area contributed by atoms with Gasteiger partial charge in [-0.1, -0.05) is 0 Å². The molecule has 0 saturated carbocycles. The summed E-state index contributed by atoms with van der Waals surface area (Å²) < 4.78 is 115. The maximum absolute atomic E-state index is 12.9. The predicted molar refractivity (Wildman–Crippen MR) is 33.0 cm³/mol. The summed E-state index contributed by atoms with van der Waals surface area (Å²) in [7, 11) is 0. The van der Waals surface area contributed by atoms with E-state index in [0.29, 0.717) is 0 Å². The Balaban J connectivity index is 3.32. The van der Waals surface area contributed by atoms with Gasteiger partial charge in [0.25, 0.3) is 0 Å². The van der Waals surface area contributed by atoms with Crippen molar-refractivity contribution in [3.8, 4) is 0 Å². The lowest BCUT2D eigenvalue weighted by Gasteiger charge is -2.43. The van der Waals surface area contributed by atoms with Crippen LogP contribution in [0.25, 0.3) is 0 Å². The Morgan fingerprint density at radius 1 is 0.947 bits per heavy atom. The highest BCUT2D eigenvalue weighted by molar-refractivity contribution is 5.80. The molecule has 0 aliphatic carbocycles. The van der Waals surface area contributed by atoms with E-state index in [1.807, 2.05) is 0 Å². The number of aliphatic hydroxyl groups is 1. The fraction of sp³-hybridized carbons (Fsp3) is 0.833. The molecule has 2 unspecified atom stereocenters. The minimum Gasteiger partial charge on any atom is -0.412 e. The Labute approximate surface area is 96.2 Å². The SMILES string of the molecule is O=C1OC(O)(C(F)(F)F)C(F)(F)OC1(F)C(F)(F)F. The highest BCUT2D eigenvalue weighted by atomic mass is 19.4. The van der Waals surface area contributed by atoms with Crippen molar-refractivity contribution >= 4 is 5.97 Å². The molecule has 1 N–H and O–H groups in total. The molecule has 13 heteroatoms. The molecule has 0 bridgehead atoms. The van der Waals surface area contributed by atoms with Crippen LogP contribution in [0.2, 0.25) is 0 Å². The molecule has 0 aromatic heterocycles. The van der Waals surface area contributed by atoms with Crippen molar-refractivity contribution in [3.63, 3.8) is 0 Å². The minimum absolute atomic E-state index is 2.21. The van der Waals surface area contributed by atoms with E-state index in [2.05, 4.69) is 9.47 Å². The molecule has 1 fully saturated rings. The van der Waals surface area contributed by atoms with Crippen LogP contribution in [0.15, 0.2) is 0 Å². The molecular formula is C6HF9O4. The molecule has 0 aromatic rings. The van der Waals surface area contributed by atoms with E-state index in [1.165, 1.54) is 0 Å². The zero-order valence-electron chi connectivity index (χ0n) is 8.07. The van der Waals surface area contributed by atoms with Crippen molar-refractivity contribution in [1.29, 1.82) is 0 Å². The van der Waals surface area contributed by atoms with E-state index in [0.717, 1.165) is 0 Å². The Morgan fingerprint density at radius 3 is 1.68 bits per heavy atom. The Hall–Kier alpha value is -1.24. The largest absolute Gasteiger partial charge is 0.465 e. The molecule has 1 saturated heterocycles. The highest BCUT2D eigenvalue weighted by Gasteiger charge is 2.84. The number of hydrogen-bond acceptors (Lipinski definition) is 4. The summed E-state index contributed by atoms with van der Waals surface area (Å²) in [5.74, 6) is -15.1. The second kappa shape index (κ2) is 3.65. The summed E-state index contributed by atoms with van der Waals surface area (Å²) in [5, 5.41) is 8.43. The minimum atomic E-state index is -6.44. The molecule has 1 heterocycles. The van der Waals surface area contributed by atoms with E-state index in [1.54, 1.807) is 0 Å². The van der Waals surface area contributed by atoms with Crippen molar-refractivity contribution < 1.29 is 58.9 Å². The van der Waals surface area contributed by atoms with Gasteiger partial charge in [0, 0.05) is 0 Å². The van der Waals surface area contributed by atoms with Crippen LogP contribution in [0.4, 0.5) is 39.5 Å². The van der Waals surface area contributed by atoms with Crippen LogP contribution in [-0.4, -0.2) is 41.2 Å². The van der Waals surface area contributed by atoms with E-state index in [9.17, 15) is 44.3 Å². The second-order valence-electron chi connectivity index (χ2n) is 3.24. The van der Waals surface area contributed by atoms with Crippen molar-refractivity contribution in [2.24, 2.45) is 0 Å². The van der Waals surface area contributed by atoms with Crippen LogP contribution >= 0.6 is 0 Å². The van der Waals surface area contributed by atoms with Gasteiger partial charge >= 0.3 is 36.1 Å². The standard InChI is InChI=1S/C6HF9O4/c7-2(4(8,9)10)1(16)18-3(17,5(11,12)13)6(14,15)19-2/h17H. The van der Waals surface area contributed by atoms with Crippen molar-refractivity contribution in [2.75, 3.05) is 0 Å². The van der Waals surface area contributed by atoms with Crippen molar-refractivity contribution in [3.05, 3.63) is 0 Å². The number of alkyl halides is 9. The van der Waals surface area contributed by atoms with Gasteiger partial charge in [-0.3, -0.25) is 4.74 Å². The van der Waals surface area contributed by atoms with Crippen LogP contribution in [0.1, 0.15) is 0 Å². The molecule has 1 aliphatic heterocycles. The molecule has 1 aliphatic rings. The summed E-state index contributed by atoms with van der Waals surface area (Å²) in [6.07, 6.45) is -19.1. The molecule has 112 valence electrons. The fourth-order valence-electron chi connectivity index (χ4n) is 0.943. The average Bonchev–Trinajstić information content (AvgIpc) is 2.10. The molecule has 19 heavy (non-hydrogen) atoms. The summed E-state index contributed by atoms with van der Waals surface area (Å²) >= 11 is 0. The average molecular weight is 308 g/mol. The summed E-state index contributed by atoms with van der Waals surface area (Å²) in [6.45, 7) is 0. The van der Waals surface area contributed by atoms with Gasteiger partial charge in [-0.05, 0) is 0 Å². The predicted octanol–water partition coefficient (Wildman–Crippen LogP) is 1.63. The topological polar surface area (TPSA) is 55.8 Å². The number of esters is 1. The molecule has 0 spiro atoms. The zero-order chi connectivity index (χ0) is 15.5. The van der Waals surface area contributed by atoms with Crippen LogP contribution in [0, 0.1) is 0 Å². The summed E-state index contributed by atoms with van der Waals surface area (Å²) in [5.41, 5.74) is 0. The number of rotatable bonds is 0. The summed E-state index contributed by atoms with van der Waals surface area (Å²) in [4.78, 5) is 10.5. The molecular weight excluding hydrogens is 307 g/mol. The first-order valence-electron chi connectivity index (χ1n) is 3.95. The number of hydrogen-bond donors (Lipinski definition) is 1. The lowest BCUT2D eigenvalue weighted by atomic mass is 10.1. The van der Waals surface area contributed by atoms with Gasteiger partial charge in [0.05, 0.1) is 0 Å². The smallest absolute Gasteiger partial charge is 0.412 e. The quantitative estimate of drug-likeness (QED) is 0.546. The lowest BCUT2D eigenvalue weighted by Crippen LogP contribution is -2.72. The maximum atomic E-state index is 12.9. The monoisotopic (exact) mass is 308 g/mol. The first kappa shape index (κ1) is 15.8. The van der Waals surface area contributed by atoms with E-state index in [-0.39, 0.29) is 0 Å². The number of cyclic esters (lactones) is 1. The van der Waals surface area contributed by atoms with E-state index in [4.69, 9.17) is 5.11 Å². The Bertz CT molecular complexity index is 400. The lowest BCUT2D eigenvalue weighted by molar-refractivity contribution is -0.532. The molecule has 1 rings (SSSR count). The normalized spacial score (nSPS) is 36.0. The van der Waals surface area contributed by atoms with E-state index >= 15 is 0 Å². The third-order valence-corrected chi connectivity index (χ3v) is 1.92. The number of halogens is 9. The van der Waals surface area contributed by atoms with Gasteiger partial charge in [0.2, 0.25) is 0 Å². The van der Waals surface area contributed by atoms with Gasteiger partial charge in [0.15, 0.2) is 0 Å². The number of carbonyl (C=O) groups is 1. The fourth-order valence-corrected chi connectivity index (χ4v) is 0.943. The van der Waals surface area contributed by atoms with Gasteiger partial charge in [0.1, 0.15) is 0 Å². The maximum Gasteiger partial charge on any atom is 0.465 e. The number of ether oxygens (including phenoxy) is 2. The van der Waals surface area contributed by atoms with Crippen molar-refractivity contribution in [2.45, 2.75) is 30.1 Å². The van der Waals surface area contributed by atoms with Gasteiger partial charge in [-0.2, -0.15) is 39.5 Å².